The summed E-state index contributed by atoms with van der Waals surface area (Å²) < 4.78 is 27.9. The van der Waals surface area contributed by atoms with Crippen molar-refractivity contribution in [2.24, 2.45) is 0 Å². The van der Waals surface area contributed by atoms with Crippen LogP contribution in [-0.4, -0.2) is 66.4 Å². The summed E-state index contributed by atoms with van der Waals surface area (Å²) in [4.78, 5) is 22.1. The highest BCUT2D eigenvalue weighted by molar-refractivity contribution is 7.89. The van der Waals surface area contributed by atoms with Gasteiger partial charge in [0.05, 0.1) is 10.5 Å². The molecule has 156 valence electrons. The summed E-state index contributed by atoms with van der Waals surface area (Å²) in [6.07, 6.45) is 3.40. The van der Waals surface area contributed by atoms with E-state index in [4.69, 9.17) is 5.11 Å². The molecule has 0 atom stereocenters. The highest BCUT2D eigenvalue weighted by Gasteiger charge is 2.27. The molecule has 8 nitrogen and oxygen atoms in total. The fourth-order valence-electron chi connectivity index (χ4n) is 3.53. The smallest absolute Gasteiger partial charge is 0.243 e. The van der Waals surface area contributed by atoms with Crippen molar-refractivity contribution in [3.05, 3.63) is 60.4 Å². The van der Waals surface area contributed by atoms with Crippen LogP contribution in [0.25, 0.3) is 10.8 Å². The second-order valence-electron chi connectivity index (χ2n) is 7.11. The van der Waals surface area contributed by atoms with E-state index in [0.717, 1.165) is 10.8 Å². The number of rotatable bonds is 5. The zero-order valence-corrected chi connectivity index (χ0v) is 17.1. The van der Waals surface area contributed by atoms with E-state index >= 15 is 0 Å². The number of hydrogen-bond acceptors (Lipinski definition) is 7. The number of aliphatic hydroxyl groups excluding tert-OH is 1. The van der Waals surface area contributed by atoms with E-state index in [0.29, 0.717) is 38.5 Å². The highest BCUT2D eigenvalue weighted by atomic mass is 32.2. The maximum atomic E-state index is 13.2. The molecule has 0 spiro atoms. The molecule has 0 radical (unpaired) electrons. The van der Waals surface area contributed by atoms with Gasteiger partial charge in [-0.3, -0.25) is 4.79 Å². The van der Waals surface area contributed by atoms with Gasteiger partial charge in [0.15, 0.2) is 5.78 Å². The number of hydrogen-bond donors (Lipinski definition) is 1. The Morgan fingerprint density at radius 2 is 1.70 bits per heavy atom. The van der Waals surface area contributed by atoms with Crippen molar-refractivity contribution in [1.82, 2.24) is 14.3 Å². The van der Waals surface area contributed by atoms with Gasteiger partial charge in [0.1, 0.15) is 6.61 Å². The molecule has 0 amide bonds. The number of aromatic nitrogens is 2. The number of aliphatic hydroxyl groups is 1. The van der Waals surface area contributed by atoms with Crippen LogP contribution in [0, 0.1) is 0 Å². The molecule has 2 heterocycles. The Balaban J connectivity index is 1.51. The minimum absolute atomic E-state index is 0.247. The van der Waals surface area contributed by atoms with Crippen molar-refractivity contribution in [2.45, 2.75) is 11.3 Å². The largest absolute Gasteiger partial charge is 0.388 e. The van der Waals surface area contributed by atoms with Gasteiger partial charge in [-0.25, -0.2) is 18.4 Å². The van der Waals surface area contributed by atoms with E-state index in [1.165, 1.54) is 16.7 Å². The van der Waals surface area contributed by atoms with Gasteiger partial charge in [0.25, 0.3) is 0 Å². The number of fused-ring (bicyclic) bond motifs is 1. The minimum Gasteiger partial charge on any atom is -0.388 e. The van der Waals surface area contributed by atoms with Crippen molar-refractivity contribution in [2.75, 3.05) is 37.7 Å². The summed E-state index contributed by atoms with van der Waals surface area (Å²) in [5.74, 6) is -0.000451. The molecule has 0 aliphatic carbocycles. The Kier molecular flexibility index (Phi) is 5.76. The molecular formula is C21H22N4O4S. The number of benzene rings is 2. The van der Waals surface area contributed by atoms with Crippen LogP contribution in [0.5, 0.6) is 0 Å². The number of anilines is 1. The molecule has 1 aliphatic heterocycles. The summed E-state index contributed by atoms with van der Waals surface area (Å²) in [5.41, 5.74) is 0.247. The third kappa shape index (κ3) is 4.04. The normalized spacial score (nSPS) is 15.8. The molecule has 1 N–H and O–H groups in total. The molecule has 3 aromatic rings. The van der Waals surface area contributed by atoms with Crippen molar-refractivity contribution in [3.63, 3.8) is 0 Å². The van der Waals surface area contributed by atoms with Crippen LogP contribution in [-0.2, 0) is 10.0 Å². The number of sulfonamides is 1. The van der Waals surface area contributed by atoms with Crippen LogP contribution in [0.1, 0.15) is 16.8 Å². The first-order chi connectivity index (χ1) is 14.5. The molecule has 1 aromatic heterocycles. The first-order valence-electron chi connectivity index (χ1n) is 9.69. The van der Waals surface area contributed by atoms with Crippen LogP contribution >= 0.6 is 0 Å². The third-order valence-electron chi connectivity index (χ3n) is 5.20. The molecule has 1 aliphatic rings. The summed E-state index contributed by atoms with van der Waals surface area (Å²) in [5, 5.41) is 10.8. The molecular weight excluding hydrogens is 404 g/mol. The predicted octanol–water partition coefficient (Wildman–Crippen LogP) is 1.71. The lowest BCUT2D eigenvalue weighted by Crippen LogP contribution is -2.35. The van der Waals surface area contributed by atoms with Crippen molar-refractivity contribution in [3.8, 4) is 0 Å². The third-order valence-corrected chi connectivity index (χ3v) is 7.09. The number of carbonyl (C=O) groups excluding carboxylic acids is 1. The second-order valence-corrected chi connectivity index (χ2v) is 9.04. The second kappa shape index (κ2) is 8.47. The first kappa shape index (κ1) is 20.4. The topological polar surface area (TPSA) is 104 Å². The maximum absolute atomic E-state index is 13.2. The zero-order valence-electron chi connectivity index (χ0n) is 16.3. The van der Waals surface area contributed by atoms with Gasteiger partial charge in [0, 0.05) is 38.6 Å². The van der Waals surface area contributed by atoms with Gasteiger partial charge in [0.2, 0.25) is 16.0 Å². The van der Waals surface area contributed by atoms with Crippen LogP contribution in [0.4, 0.5) is 5.95 Å². The van der Waals surface area contributed by atoms with Gasteiger partial charge >= 0.3 is 0 Å². The SMILES string of the molecule is O=C(CO)c1cnc(N2CCCN(S(=O)(=O)c3ccc4ccccc4c3)CC2)nc1. The Hall–Kier alpha value is -2.88. The van der Waals surface area contributed by atoms with Crippen LogP contribution in [0.3, 0.4) is 0 Å². The molecule has 2 aromatic carbocycles. The van der Waals surface area contributed by atoms with Gasteiger partial charge < -0.3 is 10.0 Å². The van der Waals surface area contributed by atoms with Crippen LogP contribution < -0.4 is 4.90 Å². The molecule has 0 unspecified atom stereocenters. The summed E-state index contributed by atoms with van der Waals surface area (Å²) in [7, 11) is -3.61. The average molecular weight is 426 g/mol. The molecule has 9 heteroatoms. The molecule has 4 rings (SSSR count). The Labute approximate surface area is 174 Å². The number of ketones is 1. The monoisotopic (exact) mass is 426 g/mol. The standard InChI is InChI=1S/C21H22N4O4S/c26-15-20(27)18-13-22-21(23-14-18)24-8-3-9-25(11-10-24)30(28,29)19-7-6-16-4-1-2-5-17(16)12-19/h1-2,4-7,12-14,26H,3,8-11,15H2. The Bertz CT molecular complexity index is 1170. The molecule has 0 bridgehead atoms. The Morgan fingerprint density at radius 1 is 0.967 bits per heavy atom. The van der Waals surface area contributed by atoms with Crippen molar-refractivity contribution >= 4 is 32.5 Å². The first-order valence-corrected chi connectivity index (χ1v) is 11.1. The number of Topliss-reactive ketones (excluding diaryl/α,β-unsaturated/α-hetero) is 1. The van der Waals surface area contributed by atoms with E-state index in [2.05, 4.69) is 9.97 Å². The van der Waals surface area contributed by atoms with E-state index in [1.807, 2.05) is 35.2 Å². The van der Waals surface area contributed by atoms with Gasteiger partial charge in [-0.05, 0) is 29.3 Å². The molecule has 30 heavy (non-hydrogen) atoms. The maximum Gasteiger partial charge on any atom is 0.243 e. The van der Waals surface area contributed by atoms with E-state index in [-0.39, 0.29) is 10.5 Å². The lowest BCUT2D eigenvalue weighted by atomic mass is 10.1. The lowest BCUT2D eigenvalue weighted by molar-refractivity contribution is 0.0903. The summed E-state index contributed by atoms with van der Waals surface area (Å²) in [6, 6.07) is 12.9. The molecule has 0 saturated carbocycles. The minimum atomic E-state index is -3.61. The van der Waals surface area contributed by atoms with Gasteiger partial charge in [-0.15, -0.1) is 0 Å². The number of carbonyl (C=O) groups is 1. The van der Waals surface area contributed by atoms with Gasteiger partial charge in [-0.1, -0.05) is 30.3 Å². The highest BCUT2D eigenvalue weighted by Crippen LogP contribution is 2.23. The van der Waals surface area contributed by atoms with Crippen LogP contribution in [0.2, 0.25) is 0 Å². The van der Waals surface area contributed by atoms with Crippen molar-refractivity contribution < 1.29 is 18.3 Å². The lowest BCUT2D eigenvalue weighted by Gasteiger charge is -2.22. The van der Waals surface area contributed by atoms with Crippen molar-refractivity contribution in [1.29, 1.82) is 0 Å². The molecule has 1 fully saturated rings. The van der Waals surface area contributed by atoms with E-state index in [9.17, 15) is 13.2 Å². The molecule has 1 saturated heterocycles. The van der Waals surface area contributed by atoms with E-state index < -0.39 is 22.4 Å². The summed E-state index contributed by atoms with van der Waals surface area (Å²) >= 11 is 0. The number of nitrogens with zero attached hydrogens (tertiary/aromatic N) is 4. The van der Waals surface area contributed by atoms with Gasteiger partial charge in [-0.2, -0.15) is 4.31 Å². The Morgan fingerprint density at radius 3 is 2.43 bits per heavy atom. The van der Waals surface area contributed by atoms with Crippen LogP contribution in [0.15, 0.2) is 59.8 Å². The van der Waals surface area contributed by atoms with E-state index in [1.54, 1.807) is 12.1 Å². The fraction of sp³-hybridized carbons (Fsp3) is 0.286. The summed E-state index contributed by atoms with van der Waals surface area (Å²) in [6.45, 7) is 1.19. The average Bonchev–Trinajstić information content (AvgIpc) is 3.05. The zero-order chi connectivity index (χ0) is 21.1. The predicted molar refractivity (Wildman–Crippen MR) is 113 cm³/mol. The quantitative estimate of drug-likeness (QED) is 0.620. The fourth-order valence-corrected chi connectivity index (χ4v) is 5.04.